The Hall–Kier alpha value is -2.70. The molecule has 3 rings (SSSR count). The second-order valence-corrected chi connectivity index (χ2v) is 4.62. The van der Waals surface area contributed by atoms with Crippen LogP contribution in [-0.4, -0.2) is 38.9 Å². The zero-order valence-electron chi connectivity index (χ0n) is 11.7. The van der Waals surface area contributed by atoms with E-state index in [9.17, 15) is 0 Å². The molecule has 7 heteroatoms. The van der Waals surface area contributed by atoms with Crippen molar-refractivity contribution in [1.82, 2.24) is 25.3 Å². The summed E-state index contributed by atoms with van der Waals surface area (Å²) in [6.07, 6.45) is 2.02. The Kier molecular flexibility index (Phi) is 3.90. The lowest BCUT2D eigenvalue weighted by Gasteiger charge is -2.06. The van der Waals surface area contributed by atoms with E-state index in [0.717, 1.165) is 31.0 Å². The maximum Gasteiger partial charge on any atom is 0.200 e. The fourth-order valence-corrected chi connectivity index (χ4v) is 2.05. The van der Waals surface area contributed by atoms with Crippen molar-refractivity contribution < 1.29 is 4.74 Å². The highest BCUT2D eigenvalue weighted by atomic mass is 16.5. The summed E-state index contributed by atoms with van der Waals surface area (Å²) in [5.74, 6) is 1.65. The minimum absolute atomic E-state index is 0.638. The number of benzene rings is 1. The normalized spacial score (nSPS) is 10.7. The monoisotopic (exact) mass is 284 g/mol. The largest absolute Gasteiger partial charge is 0.497 e. The van der Waals surface area contributed by atoms with E-state index >= 15 is 0 Å². The van der Waals surface area contributed by atoms with Gasteiger partial charge in [0, 0.05) is 6.54 Å². The zero-order valence-corrected chi connectivity index (χ0v) is 11.7. The quantitative estimate of drug-likeness (QED) is 0.692. The number of rotatable bonds is 6. The van der Waals surface area contributed by atoms with E-state index in [1.807, 2.05) is 24.3 Å². The van der Waals surface area contributed by atoms with Gasteiger partial charge in [0.05, 0.1) is 7.11 Å². The van der Waals surface area contributed by atoms with Gasteiger partial charge in [0.15, 0.2) is 5.65 Å². The Morgan fingerprint density at radius 3 is 2.81 bits per heavy atom. The first-order valence-electron chi connectivity index (χ1n) is 6.77. The topological polar surface area (TPSA) is 77.2 Å². The van der Waals surface area contributed by atoms with Gasteiger partial charge in [-0.2, -0.15) is 0 Å². The summed E-state index contributed by atoms with van der Waals surface area (Å²) >= 11 is 0. The van der Waals surface area contributed by atoms with Gasteiger partial charge in [-0.15, -0.1) is 14.8 Å². The summed E-state index contributed by atoms with van der Waals surface area (Å²) in [5, 5.41) is 18.7. The number of tetrazole rings is 1. The summed E-state index contributed by atoms with van der Waals surface area (Å²) in [4.78, 5) is 0. The number of aryl methyl sites for hydroxylation is 1. The average molecular weight is 284 g/mol. The average Bonchev–Trinajstić information content (AvgIpc) is 3.00. The Labute approximate surface area is 121 Å². The number of hydrogen-bond acceptors (Lipinski definition) is 6. The summed E-state index contributed by atoms with van der Waals surface area (Å²) in [6, 6.07) is 11.8. The van der Waals surface area contributed by atoms with Crippen LogP contribution in [0.15, 0.2) is 36.4 Å². The number of nitrogens with one attached hydrogen (secondary N) is 1. The smallest absolute Gasteiger partial charge is 0.200 e. The third kappa shape index (κ3) is 3.25. The molecule has 1 aromatic carbocycles. The highest BCUT2D eigenvalue weighted by Crippen LogP contribution is 2.12. The Balaban J connectivity index is 1.48. The van der Waals surface area contributed by atoms with E-state index in [-0.39, 0.29) is 0 Å². The van der Waals surface area contributed by atoms with E-state index in [1.54, 1.807) is 7.11 Å². The molecule has 0 spiro atoms. The number of anilines is 1. The Morgan fingerprint density at radius 1 is 1.14 bits per heavy atom. The predicted molar refractivity (Wildman–Crippen MR) is 78.4 cm³/mol. The van der Waals surface area contributed by atoms with Crippen LogP contribution in [0.25, 0.3) is 5.65 Å². The maximum absolute atomic E-state index is 5.14. The van der Waals surface area contributed by atoms with Crippen molar-refractivity contribution in [2.45, 2.75) is 12.8 Å². The highest BCUT2D eigenvalue weighted by Gasteiger charge is 2.00. The van der Waals surface area contributed by atoms with Crippen molar-refractivity contribution >= 4 is 11.5 Å². The van der Waals surface area contributed by atoms with Gasteiger partial charge in [0.2, 0.25) is 0 Å². The van der Waals surface area contributed by atoms with Gasteiger partial charge in [-0.25, -0.2) is 0 Å². The molecule has 7 nitrogen and oxygen atoms in total. The second kappa shape index (κ2) is 6.17. The molecule has 2 aromatic heterocycles. The van der Waals surface area contributed by atoms with Gasteiger partial charge in [-0.1, -0.05) is 12.1 Å². The number of aromatic nitrogens is 5. The van der Waals surface area contributed by atoms with Crippen LogP contribution >= 0.6 is 0 Å². The molecule has 0 bridgehead atoms. The lowest BCUT2D eigenvalue weighted by molar-refractivity contribution is 0.414. The van der Waals surface area contributed by atoms with Crippen molar-refractivity contribution in [2.75, 3.05) is 19.0 Å². The fraction of sp³-hybridized carbons (Fsp3) is 0.286. The zero-order chi connectivity index (χ0) is 14.5. The van der Waals surface area contributed by atoms with Crippen LogP contribution in [0.4, 0.5) is 5.82 Å². The Morgan fingerprint density at radius 2 is 2.00 bits per heavy atom. The molecule has 0 atom stereocenters. The molecule has 0 aliphatic heterocycles. The van der Waals surface area contributed by atoms with E-state index in [1.165, 1.54) is 10.2 Å². The molecule has 0 saturated heterocycles. The molecule has 0 saturated carbocycles. The molecule has 0 aliphatic rings. The summed E-state index contributed by atoms with van der Waals surface area (Å²) in [6.45, 7) is 0.840. The van der Waals surface area contributed by atoms with Crippen molar-refractivity contribution in [2.24, 2.45) is 0 Å². The van der Waals surface area contributed by atoms with Crippen molar-refractivity contribution in [1.29, 1.82) is 0 Å². The number of methoxy groups -OCH3 is 1. The van der Waals surface area contributed by atoms with Crippen molar-refractivity contribution in [3.63, 3.8) is 0 Å². The number of ether oxygens (including phenoxy) is 1. The molecule has 21 heavy (non-hydrogen) atoms. The molecular formula is C14H16N6O. The number of hydrogen-bond donors (Lipinski definition) is 1. The third-order valence-corrected chi connectivity index (χ3v) is 3.18. The van der Waals surface area contributed by atoms with Crippen LogP contribution in [0.1, 0.15) is 12.0 Å². The molecule has 3 aromatic rings. The molecule has 2 heterocycles. The van der Waals surface area contributed by atoms with Crippen LogP contribution in [0.3, 0.4) is 0 Å². The third-order valence-electron chi connectivity index (χ3n) is 3.18. The van der Waals surface area contributed by atoms with E-state index < -0.39 is 0 Å². The molecular weight excluding hydrogens is 268 g/mol. The maximum atomic E-state index is 5.14. The first kappa shape index (κ1) is 13.3. The van der Waals surface area contributed by atoms with Gasteiger partial charge in [-0.3, -0.25) is 0 Å². The van der Waals surface area contributed by atoms with E-state index in [0.29, 0.717) is 5.65 Å². The van der Waals surface area contributed by atoms with Crippen LogP contribution in [0.5, 0.6) is 5.75 Å². The van der Waals surface area contributed by atoms with Gasteiger partial charge in [0.1, 0.15) is 11.6 Å². The standard InChI is InChI=1S/C14H16N6O/c1-21-12-6-4-11(5-7-12)3-2-10-15-13-8-9-14-16-18-19-20(14)17-13/h4-9H,2-3,10H2,1H3,(H,15,17). The molecule has 0 aliphatic carbocycles. The summed E-state index contributed by atoms with van der Waals surface area (Å²) in [7, 11) is 1.67. The number of nitrogens with zero attached hydrogens (tertiary/aromatic N) is 5. The van der Waals surface area contributed by atoms with Crippen LogP contribution < -0.4 is 10.1 Å². The van der Waals surface area contributed by atoms with Gasteiger partial charge in [-0.05, 0) is 53.1 Å². The first-order chi connectivity index (χ1) is 10.3. The van der Waals surface area contributed by atoms with Gasteiger partial charge < -0.3 is 10.1 Å². The van der Waals surface area contributed by atoms with Gasteiger partial charge in [0.25, 0.3) is 0 Å². The molecule has 0 radical (unpaired) electrons. The minimum Gasteiger partial charge on any atom is -0.497 e. The molecule has 0 fully saturated rings. The van der Waals surface area contributed by atoms with Crippen molar-refractivity contribution in [3.05, 3.63) is 42.0 Å². The van der Waals surface area contributed by atoms with E-state index in [2.05, 4.69) is 38.1 Å². The Bertz CT molecular complexity index is 709. The van der Waals surface area contributed by atoms with Crippen LogP contribution in [0, 0.1) is 0 Å². The predicted octanol–water partition coefficient (Wildman–Crippen LogP) is 1.57. The molecule has 1 N–H and O–H groups in total. The minimum atomic E-state index is 0.638. The lowest BCUT2D eigenvalue weighted by Crippen LogP contribution is -2.07. The second-order valence-electron chi connectivity index (χ2n) is 4.62. The van der Waals surface area contributed by atoms with Crippen LogP contribution in [-0.2, 0) is 6.42 Å². The molecule has 0 unspecified atom stereocenters. The SMILES string of the molecule is COc1ccc(CCCNc2ccc3nnnn3n2)cc1. The van der Waals surface area contributed by atoms with Crippen LogP contribution in [0.2, 0.25) is 0 Å². The molecule has 0 amide bonds. The summed E-state index contributed by atoms with van der Waals surface area (Å²) < 4.78 is 6.55. The van der Waals surface area contributed by atoms with Crippen molar-refractivity contribution in [3.8, 4) is 5.75 Å². The summed E-state index contributed by atoms with van der Waals surface area (Å²) in [5.41, 5.74) is 1.93. The highest BCUT2D eigenvalue weighted by molar-refractivity contribution is 5.42. The lowest BCUT2D eigenvalue weighted by atomic mass is 10.1. The number of fused-ring (bicyclic) bond motifs is 1. The fourth-order valence-electron chi connectivity index (χ4n) is 2.05. The molecule has 108 valence electrons. The van der Waals surface area contributed by atoms with Gasteiger partial charge >= 0.3 is 0 Å². The first-order valence-corrected chi connectivity index (χ1v) is 6.77. The van der Waals surface area contributed by atoms with E-state index in [4.69, 9.17) is 4.74 Å².